The number of carbonyl (C=O) groups is 1. The van der Waals surface area contributed by atoms with Crippen LogP contribution >= 0.6 is 23.2 Å². The lowest BCUT2D eigenvalue weighted by Crippen LogP contribution is -2.14. The molecule has 0 spiro atoms. The molecule has 0 unspecified atom stereocenters. The SMILES string of the molecule is CCC(=O)c1cccc(S(=O)(=O)Nc2cc(Cl)ccc2Cl)c1. The van der Waals surface area contributed by atoms with Crippen LogP contribution in [-0.4, -0.2) is 14.2 Å². The Kier molecular flexibility index (Phi) is 5.11. The molecule has 0 radical (unpaired) electrons. The van der Waals surface area contributed by atoms with Gasteiger partial charge in [-0.05, 0) is 30.3 Å². The first-order valence-electron chi connectivity index (χ1n) is 6.44. The fourth-order valence-electron chi connectivity index (χ4n) is 1.82. The van der Waals surface area contributed by atoms with Crippen LogP contribution in [0.5, 0.6) is 0 Å². The molecule has 0 fully saturated rings. The van der Waals surface area contributed by atoms with Crippen LogP contribution in [0.2, 0.25) is 10.0 Å². The van der Waals surface area contributed by atoms with Crippen LogP contribution < -0.4 is 4.72 Å². The van der Waals surface area contributed by atoms with E-state index < -0.39 is 10.0 Å². The van der Waals surface area contributed by atoms with Crippen molar-refractivity contribution in [1.29, 1.82) is 0 Å². The highest BCUT2D eigenvalue weighted by Gasteiger charge is 2.17. The molecule has 22 heavy (non-hydrogen) atoms. The van der Waals surface area contributed by atoms with Gasteiger partial charge in [-0.3, -0.25) is 9.52 Å². The van der Waals surface area contributed by atoms with Crippen molar-refractivity contribution < 1.29 is 13.2 Å². The van der Waals surface area contributed by atoms with Crippen molar-refractivity contribution in [3.63, 3.8) is 0 Å². The van der Waals surface area contributed by atoms with E-state index in [9.17, 15) is 13.2 Å². The Morgan fingerprint density at radius 2 is 1.86 bits per heavy atom. The molecular formula is C15H13Cl2NO3S. The molecule has 0 bridgehead atoms. The minimum Gasteiger partial charge on any atom is -0.294 e. The molecular weight excluding hydrogens is 345 g/mol. The fraction of sp³-hybridized carbons (Fsp3) is 0.133. The Hall–Kier alpha value is -1.56. The van der Waals surface area contributed by atoms with Gasteiger partial charge in [0.2, 0.25) is 0 Å². The highest BCUT2D eigenvalue weighted by molar-refractivity contribution is 7.92. The van der Waals surface area contributed by atoms with Crippen molar-refractivity contribution in [2.75, 3.05) is 4.72 Å². The molecule has 4 nitrogen and oxygen atoms in total. The van der Waals surface area contributed by atoms with Crippen molar-refractivity contribution in [1.82, 2.24) is 0 Å². The zero-order chi connectivity index (χ0) is 16.3. The molecule has 0 aliphatic heterocycles. The van der Waals surface area contributed by atoms with E-state index in [1.54, 1.807) is 19.1 Å². The Morgan fingerprint density at radius 1 is 1.14 bits per heavy atom. The van der Waals surface area contributed by atoms with Crippen LogP contribution in [0.1, 0.15) is 23.7 Å². The highest BCUT2D eigenvalue weighted by atomic mass is 35.5. The minimum atomic E-state index is -3.86. The van der Waals surface area contributed by atoms with E-state index in [0.29, 0.717) is 17.0 Å². The number of ketones is 1. The summed E-state index contributed by atoms with van der Waals surface area (Å²) in [6, 6.07) is 10.3. The van der Waals surface area contributed by atoms with E-state index in [0.717, 1.165) is 0 Å². The first kappa shape index (κ1) is 16.8. The molecule has 0 aliphatic carbocycles. The Bertz CT molecular complexity index is 819. The predicted molar refractivity (Wildman–Crippen MR) is 88.3 cm³/mol. The average Bonchev–Trinajstić information content (AvgIpc) is 2.50. The quantitative estimate of drug-likeness (QED) is 0.807. The maximum atomic E-state index is 12.4. The third kappa shape index (κ3) is 3.80. The Labute approximate surface area is 139 Å². The van der Waals surface area contributed by atoms with Gasteiger partial charge >= 0.3 is 0 Å². The maximum Gasteiger partial charge on any atom is 0.261 e. The van der Waals surface area contributed by atoms with Gasteiger partial charge in [0.05, 0.1) is 15.6 Å². The first-order chi connectivity index (χ1) is 10.3. The monoisotopic (exact) mass is 357 g/mol. The number of benzene rings is 2. The molecule has 0 saturated heterocycles. The van der Waals surface area contributed by atoms with Crippen molar-refractivity contribution >= 4 is 44.7 Å². The standard InChI is InChI=1S/C15H13Cl2NO3S/c1-2-15(19)10-4-3-5-12(8-10)22(20,21)18-14-9-11(16)6-7-13(14)17/h3-9,18H,2H2,1H3. The first-order valence-corrected chi connectivity index (χ1v) is 8.68. The van der Waals surface area contributed by atoms with Crippen molar-refractivity contribution in [2.24, 2.45) is 0 Å². The Morgan fingerprint density at radius 3 is 2.55 bits per heavy atom. The smallest absolute Gasteiger partial charge is 0.261 e. The number of anilines is 1. The summed E-state index contributed by atoms with van der Waals surface area (Å²) in [5.74, 6) is -0.127. The van der Waals surface area contributed by atoms with Crippen LogP contribution in [0.15, 0.2) is 47.4 Å². The van der Waals surface area contributed by atoms with Crippen LogP contribution in [0.4, 0.5) is 5.69 Å². The van der Waals surface area contributed by atoms with Gasteiger partial charge in [-0.25, -0.2) is 8.42 Å². The molecule has 0 amide bonds. The number of carbonyl (C=O) groups excluding carboxylic acids is 1. The predicted octanol–water partition coefficient (Wildman–Crippen LogP) is 4.39. The zero-order valence-corrected chi connectivity index (χ0v) is 14.0. The molecule has 116 valence electrons. The Balaban J connectivity index is 2.38. The van der Waals surface area contributed by atoms with Crippen LogP contribution in [0.25, 0.3) is 0 Å². The number of halogens is 2. The van der Waals surface area contributed by atoms with Crippen LogP contribution in [0.3, 0.4) is 0 Å². The third-order valence-corrected chi connectivity index (χ3v) is 4.89. The molecule has 0 atom stereocenters. The molecule has 0 aromatic heterocycles. The lowest BCUT2D eigenvalue weighted by atomic mass is 10.1. The molecule has 2 aromatic rings. The second-order valence-corrected chi connectivity index (χ2v) is 7.06. The van der Waals surface area contributed by atoms with Gasteiger partial charge in [-0.15, -0.1) is 0 Å². The van der Waals surface area contributed by atoms with E-state index in [1.807, 2.05) is 0 Å². The number of Topliss-reactive ketones (excluding diaryl/α,β-unsaturated/α-hetero) is 1. The zero-order valence-electron chi connectivity index (χ0n) is 11.6. The second-order valence-electron chi connectivity index (χ2n) is 4.53. The molecule has 2 aromatic carbocycles. The lowest BCUT2D eigenvalue weighted by Gasteiger charge is -2.10. The second kappa shape index (κ2) is 6.69. The summed E-state index contributed by atoms with van der Waals surface area (Å²) >= 11 is 11.8. The van der Waals surface area contributed by atoms with E-state index in [-0.39, 0.29) is 21.4 Å². The maximum absolute atomic E-state index is 12.4. The van der Waals surface area contributed by atoms with Gasteiger partial charge in [-0.2, -0.15) is 0 Å². The van der Waals surface area contributed by atoms with Gasteiger partial charge in [0.15, 0.2) is 5.78 Å². The van der Waals surface area contributed by atoms with Gasteiger partial charge in [-0.1, -0.05) is 42.3 Å². The van der Waals surface area contributed by atoms with Crippen molar-refractivity contribution in [3.05, 3.63) is 58.1 Å². The molecule has 2 rings (SSSR count). The normalized spacial score (nSPS) is 11.2. The van der Waals surface area contributed by atoms with Crippen molar-refractivity contribution in [3.8, 4) is 0 Å². The summed E-state index contributed by atoms with van der Waals surface area (Å²) in [6.07, 6.45) is 0.303. The highest BCUT2D eigenvalue weighted by Crippen LogP contribution is 2.28. The fourth-order valence-corrected chi connectivity index (χ4v) is 3.33. The number of hydrogen-bond acceptors (Lipinski definition) is 3. The van der Waals surface area contributed by atoms with Crippen LogP contribution in [-0.2, 0) is 10.0 Å². The average molecular weight is 358 g/mol. The molecule has 1 N–H and O–H groups in total. The van der Waals surface area contributed by atoms with Gasteiger partial charge in [0.1, 0.15) is 0 Å². The van der Waals surface area contributed by atoms with Crippen molar-refractivity contribution in [2.45, 2.75) is 18.2 Å². The topological polar surface area (TPSA) is 63.2 Å². The van der Waals surface area contributed by atoms with Gasteiger partial charge in [0.25, 0.3) is 10.0 Å². The molecule has 7 heteroatoms. The summed E-state index contributed by atoms with van der Waals surface area (Å²) in [6.45, 7) is 1.72. The number of rotatable bonds is 5. The van der Waals surface area contributed by atoms with Crippen LogP contribution in [0, 0.1) is 0 Å². The number of nitrogens with one attached hydrogen (secondary N) is 1. The third-order valence-electron chi connectivity index (χ3n) is 2.96. The molecule has 0 heterocycles. The minimum absolute atomic E-state index is 0.0113. The molecule has 0 aliphatic rings. The largest absolute Gasteiger partial charge is 0.294 e. The summed E-state index contributed by atoms with van der Waals surface area (Å²) < 4.78 is 27.2. The summed E-state index contributed by atoms with van der Waals surface area (Å²) in [5, 5.41) is 0.589. The van der Waals surface area contributed by atoms with E-state index >= 15 is 0 Å². The summed E-state index contributed by atoms with van der Waals surface area (Å²) in [7, 11) is -3.86. The number of sulfonamides is 1. The van der Waals surface area contributed by atoms with Gasteiger partial charge in [0, 0.05) is 17.0 Å². The number of hydrogen-bond donors (Lipinski definition) is 1. The van der Waals surface area contributed by atoms with E-state index in [1.165, 1.54) is 30.3 Å². The lowest BCUT2D eigenvalue weighted by molar-refractivity contribution is 0.0988. The molecule has 0 saturated carbocycles. The van der Waals surface area contributed by atoms with E-state index in [2.05, 4.69) is 4.72 Å². The summed E-state index contributed by atoms with van der Waals surface area (Å²) in [5.41, 5.74) is 0.531. The van der Waals surface area contributed by atoms with E-state index in [4.69, 9.17) is 23.2 Å². The summed E-state index contributed by atoms with van der Waals surface area (Å²) in [4.78, 5) is 11.7. The van der Waals surface area contributed by atoms with Gasteiger partial charge < -0.3 is 0 Å².